The summed E-state index contributed by atoms with van der Waals surface area (Å²) >= 11 is 3.66. The van der Waals surface area contributed by atoms with Gasteiger partial charge in [-0.2, -0.15) is 0 Å². The molecule has 2 aliphatic heterocycles. The van der Waals surface area contributed by atoms with Crippen LogP contribution in [0, 0.1) is 0 Å². The predicted molar refractivity (Wildman–Crippen MR) is 124 cm³/mol. The van der Waals surface area contributed by atoms with Gasteiger partial charge < -0.3 is 21.0 Å². The minimum atomic E-state index is -1.24. The predicted octanol–water partition coefficient (Wildman–Crippen LogP) is -0.356. The first-order chi connectivity index (χ1) is 16.3. The van der Waals surface area contributed by atoms with E-state index in [4.69, 9.17) is 10.6 Å². The number of nitrogens with one attached hydrogen (secondary N) is 1. The van der Waals surface area contributed by atoms with Gasteiger partial charge in [0.2, 0.25) is 5.16 Å². The maximum absolute atomic E-state index is 12.9. The highest BCUT2D eigenvalue weighted by atomic mass is 32.2. The number of nitrogens with zero attached hydrogens (tertiary/aromatic N) is 7. The van der Waals surface area contributed by atoms with Gasteiger partial charge in [0, 0.05) is 18.2 Å². The second-order valence-corrected chi connectivity index (χ2v) is 9.61. The lowest BCUT2D eigenvalue weighted by Gasteiger charge is -2.49. The highest BCUT2D eigenvalue weighted by molar-refractivity contribution is 8.02. The van der Waals surface area contributed by atoms with Crippen LogP contribution in [0.25, 0.3) is 0 Å². The van der Waals surface area contributed by atoms with Crippen molar-refractivity contribution in [3.63, 3.8) is 0 Å². The number of oxime groups is 1. The molecule has 0 bridgehead atoms. The van der Waals surface area contributed by atoms with Crippen molar-refractivity contribution in [3.8, 4) is 0 Å². The molecule has 2 aliphatic rings. The Balaban J connectivity index is 1.49. The number of hydrogen-bond donors (Lipinski definition) is 3. The maximum atomic E-state index is 12.9. The number of aliphatic carboxylic acids is 1. The molecule has 178 valence electrons. The van der Waals surface area contributed by atoms with E-state index in [2.05, 4.69) is 31.0 Å². The molecule has 2 amide bonds. The summed E-state index contributed by atoms with van der Waals surface area (Å²) in [6, 6.07) is -0.936. The number of β-lactam (4-membered cyclic amide) rings is 1. The van der Waals surface area contributed by atoms with Crippen molar-refractivity contribution in [1.82, 2.24) is 35.4 Å². The van der Waals surface area contributed by atoms with Gasteiger partial charge in [-0.15, -0.1) is 28.2 Å². The van der Waals surface area contributed by atoms with Crippen molar-refractivity contribution in [1.29, 1.82) is 0 Å². The number of rotatable bonds is 8. The number of tetrazole rings is 1. The zero-order valence-electron chi connectivity index (χ0n) is 17.6. The van der Waals surface area contributed by atoms with E-state index in [0.29, 0.717) is 16.5 Å². The molecule has 2 unspecified atom stereocenters. The zero-order chi connectivity index (χ0) is 24.4. The molecule has 2 aromatic rings. The largest absolute Gasteiger partial charge is 0.477 e. The van der Waals surface area contributed by atoms with Crippen LogP contribution in [0.15, 0.2) is 38.4 Å². The molecule has 0 saturated carbocycles. The van der Waals surface area contributed by atoms with Gasteiger partial charge in [-0.3, -0.25) is 14.5 Å². The molecule has 0 radical (unpaired) electrons. The standard InChI is InChI=1S/C17H17N9O5S3/c1-25-17(21-23-24-25)32-4-3-7-5-33-14-10(13(28)26(14)11(7)15(29)30)20-12(27)9(22-31-2)8-6-34-16(18)19-8/h3-4,6,10,14H,5H2,1-2H3,(H2,18,19)(H,20,27)(H,29,30)/b4-3+,22-9-. The number of nitrogen functional groups attached to an aromatic ring is 1. The number of hydrogen-bond acceptors (Lipinski definition) is 13. The molecular formula is C17H17N9O5S3. The highest BCUT2D eigenvalue weighted by Gasteiger charge is 2.54. The van der Waals surface area contributed by atoms with Crippen LogP contribution in [0.2, 0.25) is 0 Å². The van der Waals surface area contributed by atoms with Crippen LogP contribution in [0.5, 0.6) is 0 Å². The SMILES string of the molecule is CO/N=C(\C(=O)NC1C(=O)N2C(C(=O)O)=C(/C=C/Sc3nnnn3C)CSC12)c1csc(N)n1. The van der Waals surface area contributed by atoms with Gasteiger partial charge in [0.1, 0.15) is 29.9 Å². The Hall–Kier alpha value is -3.44. The second-order valence-electron chi connectivity index (χ2n) is 6.74. The van der Waals surface area contributed by atoms with E-state index < -0.39 is 29.2 Å². The average molecular weight is 524 g/mol. The first kappa shape index (κ1) is 23.7. The molecule has 1 fully saturated rings. The third kappa shape index (κ3) is 4.48. The van der Waals surface area contributed by atoms with Crippen molar-refractivity contribution in [2.75, 3.05) is 18.6 Å². The van der Waals surface area contributed by atoms with Crippen molar-refractivity contribution >= 4 is 63.5 Å². The maximum Gasteiger partial charge on any atom is 0.352 e. The molecular weight excluding hydrogens is 506 g/mol. The summed E-state index contributed by atoms with van der Waals surface area (Å²) in [5.74, 6) is -2.16. The number of carboxylic acids is 1. The van der Waals surface area contributed by atoms with E-state index in [1.807, 2.05) is 0 Å². The number of fused-ring (bicyclic) bond motifs is 1. The summed E-state index contributed by atoms with van der Waals surface area (Å²) in [5.41, 5.74) is 6.00. The Morgan fingerprint density at radius 1 is 1.47 bits per heavy atom. The number of nitrogens with two attached hydrogens (primary N) is 1. The number of carboxylic acid groups (broad SMARTS) is 1. The van der Waals surface area contributed by atoms with Crippen LogP contribution >= 0.6 is 34.9 Å². The van der Waals surface area contributed by atoms with Gasteiger partial charge in [0.25, 0.3) is 11.8 Å². The first-order valence-corrected chi connectivity index (χ1v) is 12.2. The van der Waals surface area contributed by atoms with E-state index in [-0.39, 0.29) is 22.2 Å². The van der Waals surface area contributed by atoms with E-state index in [9.17, 15) is 19.5 Å². The minimum Gasteiger partial charge on any atom is -0.477 e. The second kappa shape index (κ2) is 9.82. The fraction of sp³-hybridized carbons (Fsp3) is 0.294. The number of amides is 2. The van der Waals surface area contributed by atoms with Gasteiger partial charge in [-0.1, -0.05) is 16.9 Å². The van der Waals surface area contributed by atoms with Gasteiger partial charge in [0.05, 0.1) is 0 Å². The summed E-state index contributed by atoms with van der Waals surface area (Å²) in [7, 11) is 2.95. The normalized spacial score (nSPS) is 20.4. The summed E-state index contributed by atoms with van der Waals surface area (Å²) < 4.78 is 1.47. The molecule has 34 heavy (non-hydrogen) atoms. The number of aromatic nitrogens is 5. The molecule has 17 heteroatoms. The van der Waals surface area contributed by atoms with Crippen LogP contribution in [-0.2, 0) is 26.3 Å². The Bertz CT molecular complexity index is 1240. The van der Waals surface area contributed by atoms with Crippen molar-refractivity contribution in [3.05, 3.63) is 33.8 Å². The van der Waals surface area contributed by atoms with Crippen LogP contribution in [0.3, 0.4) is 0 Å². The molecule has 0 aromatic carbocycles. The van der Waals surface area contributed by atoms with Gasteiger partial charge in [-0.05, 0) is 27.5 Å². The number of carbonyl (C=O) groups is 3. The van der Waals surface area contributed by atoms with Crippen LogP contribution in [-0.4, -0.2) is 83.0 Å². The van der Waals surface area contributed by atoms with E-state index in [0.717, 1.165) is 11.3 Å². The van der Waals surface area contributed by atoms with E-state index in [1.54, 1.807) is 18.5 Å². The molecule has 4 heterocycles. The summed E-state index contributed by atoms with van der Waals surface area (Å²) in [5, 5.41) is 30.5. The number of thiazole rings is 1. The summed E-state index contributed by atoms with van der Waals surface area (Å²) in [4.78, 5) is 47.5. The van der Waals surface area contributed by atoms with Gasteiger partial charge >= 0.3 is 5.97 Å². The quantitative estimate of drug-likeness (QED) is 0.176. The smallest absolute Gasteiger partial charge is 0.352 e. The van der Waals surface area contributed by atoms with Crippen LogP contribution in [0.4, 0.5) is 5.13 Å². The van der Waals surface area contributed by atoms with Gasteiger partial charge in [0.15, 0.2) is 10.8 Å². The molecule has 0 aliphatic carbocycles. The number of thioether (sulfide) groups is 2. The lowest BCUT2D eigenvalue weighted by molar-refractivity contribution is -0.150. The van der Waals surface area contributed by atoms with Crippen molar-refractivity contribution in [2.24, 2.45) is 12.2 Å². The Labute approximate surface area is 204 Å². The van der Waals surface area contributed by atoms with Crippen LogP contribution < -0.4 is 11.1 Å². The number of anilines is 1. The van der Waals surface area contributed by atoms with Crippen molar-refractivity contribution < 1.29 is 24.3 Å². The molecule has 4 rings (SSSR count). The van der Waals surface area contributed by atoms with Crippen molar-refractivity contribution in [2.45, 2.75) is 16.6 Å². The van der Waals surface area contributed by atoms with E-state index >= 15 is 0 Å². The molecule has 14 nitrogen and oxygen atoms in total. The lowest BCUT2D eigenvalue weighted by Crippen LogP contribution is -2.71. The first-order valence-electron chi connectivity index (χ1n) is 9.42. The Morgan fingerprint density at radius 2 is 2.26 bits per heavy atom. The topological polar surface area (TPSA) is 191 Å². The molecule has 1 saturated heterocycles. The summed E-state index contributed by atoms with van der Waals surface area (Å²) in [6.45, 7) is 0. The number of aryl methyl sites for hydroxylation is 1. The average Bonchev–Trinajstić information content (AvgIpc) is 3.42. The fourth-order valence-electron chi connectivity index (χ4n) is 3.17. The molecule has 2 atom stereocenters. The third-order valence-electron chi connectivity index (χ3n) is 4.67. The van der Waals surface area contributed by atoms with Gasteiger partial charge in [-0.25, -0.2) is 14.5 Å². The third-order valence-corrected chi connectivity index (χ3v) is 7.48. The monoisotopic (exact) mass is 523 g/mol. The Morgan fingerprint density at radius 3 is 2.88 bits per heavy atom. The molecule has 0 spiro atoms. The van der Waals surface area contributed by atoms with E-state index in [1.165, 1.54) is 45.6 Å². The van der Waals surface area contributed by atoms with Crippen LogP contribution in [0.1, 0.15) is 5.69 Å². The summed E-state index contributed by atoms with van der Waals surface area (Å²) in [6.07, 6.45) is 1.61. The fourth-order valence-corrected chi connectivity index (χ4v) is 5.66. The highest BCUT2D eigenvalue weighted by Crippen LogP contribution is 2.41. The number of allylic oxidation sites excluding steroid dienone is 1. The molecule has 4 N–H and O–H groups in total. The molecule has 2 aromatic heterocycles. The zero-order valence-corrected chi connectivity index (χ0v) is 20.1. The number of carbonyl (C=O) groups excluding carboxylic acids is 2. The Kier molecular flexibility index (Phi) is 6.85. The minimum absolute atomic E-state index is 0.134. The lowest BCUT2D eigenvalue weighted by atomic mass is 10.0.